The summed E-state index contributed by atoms with van der Waals surface area (Å²) in [6, 6.07) is 23.5. The fourth-order valence-corrected chi connectivity index (χ4v) is 4.18. The number of nitrogens with one attached hydrogen (secondary N) is 1. The largest absolute Gasteiger partial charge is 0.363 e. The molecule has 130 valence electrons. The van der Waals surface area contributed by atoms with Crippen molar-refractivity contribution in [1.82, 2.24) is 9.97 Å². The number of anilines is 1. The molecule has 2 aromatic heterocycles. The van der Waals surface area contributed by atoms with Crippen LogP contribution in [0.15, 0.2) is 73.1 Å². The first-order chi connectivity index (χ1) is 12.8. The summed E-state index contributed by atoms with van der Waals surface area (Å²) < 4.78 is 0. The minimum absolute atomic E-state index is 0.249. The Labute approximate surface area is 157 Å². The van der Waals surface area contributed by atoms with Gasteiger partial charge in [-0.1, -0.05) is 74.0 Å². The first-order valence-corrected chi connectivity index (χ1v) is 9.78. The minimum Gasteiger partial charge on any atom is -0.363 e. The highest BCUT2D eigenvalue weighted by Gasteiger charge is 2.15. The van der Waals surface area contributed by atoms with Gasteiger partial charge in [-0.15, -0.1) is 11.3 Å². The van der Waals surface area contributed by atoms with Crippen molar-refractivity contribution in [3.05, 3.63) is 78.6 Å². The smallest absolute Gasteiger partial charge is 0.138 e. The SMILES string of the molecule is CCC[C@H](Nc1ncnc2sc(-c3ccccc3)cc12)c1ccccc1. The second-order valence-electron chi connectivity index (χ2n) is 6.31. The van der Waals surface area contributed by atoms with E-state index in [4.69, 9.17) is 0 Å². The van der Waals surface area contributed by atoms with Crippen LogP contribution >= 0.6 is 11.3 Å². The Morgan fingerprint density at radius 1 is 0.962 bits per heavy atom. The van der Waals surface area contributed by atoms with E-state index in [2.05, 4.69) is 82.9 Å². The van der Waals surface area contributed by atoms with Crippen molar-refractivity contribution >= 4 is 27.4 Å². The molecule has 2 heterocycles. The van der Waals surface area contributed by atoms with Crippen LogP contribution in [0.3, 0.4) is 0 Å². The first kappa shape index (κ1) is 16.7. The molecule has 26 heavy (non-hydrogen) atoms. The summed E-state index contributed by atoms with van der Waals surface area (Å²) in [4.78, 5) is 11.3. The quantitative estimate of drug-likeness (QED) is 0.438. The molecular formula is C22H21N3S. The van der Waals surface area contributed by atoms with E-state index in [9.17, 15) is 0 Å². The molecule has 0 radical (unpaired) electrons. The average Bonchev–Trinajstić information content (AvgIpc) is 3.14. The Bertz CT molecular complexity index is 980. The highest BCUT2D eigenvalue weighted by Crippen LogP contribution is 2.36. The van der Waals surface area contributed by atoms with Gasteiger partial charge in [-0.2, -0.15) is 0 Å². The Kier molecular flexibility index (Phi) is 4.93. The van der Waals surface area contributed by atoms with Crippen LogP contribution in [0.2, 0.25) is 0 Å². The van der Waals surface area contributed by atoms with Crippen molar-refractivity contribution in [3.8, 4) is 10.4 Å². The van der Waals surface area contributed by atoms with Gasteiger partial charge in [0.2, 0.25) is 0 Å². The number of hydrogen-bond donors (Lipinski definition) is 1. The van der Waals surface area contributed by atoms with Crippen LogP contribution in [0, 0.1) is 0 Å². The number of thiophene rings is 1. The summed E-state index contributed by atoms with van der Waals surface area (Å²) in [6.07, 6.45) is 3.83. The molecule has 0 amide bonds. The van der Waals surface area contributed by atoms with Gasteiger partial charge in [-0.25, -0.2) is 9.97 Å². The van der Waals surface area contributed by atoms with Crippen LogP contribution in [-0.4, -0.2) is 9.97 Å². The highest BCUT2D eigenvalue weighted by atomic mass is 32.1. The summed E-state index contributed by atoms with van der Waals surface area (Å²) in [5.74, 6) is 0.913. The predicted octanol–water partition coefficient (Wildman–Crippen LogP) is 6.31. The normalized spacial score (nSPS) is 12.2. The van der Waals surface area contributed by atoms with Gasteiger partial charge in [0.05, 0.1) is 11.4 Å². The van der Waals surface area contributed by atoms with Crippen molar-refractivity contribution in [2.24, 2.45) is 0 Å². The number of nitrogens with zero attached hydrogens (tertiary/aromatic N) is 2. The topological polar surface area (TPSA) is 37.8 Å². The van der Waals surface area contributed by atoms with Gasteiger partial charge < -0.3 is 5.32 Å². The third-order valence-corrected chi connectivity index (χ3v) is 5.57. The van der Waals surface area contributed by atoms with Crippen LogP contribution in [0.25, 0.3) is 20.7 Å². The van der Waals surface area contributed by atoms with Crippen LogP contribution < -0.4 is 5.32 Å². The molecule has 0 aliphatic carbocycles. The van der Waals surface area contributed by atoms with E-state index in [0.717, 1.165) is 28.9 Å². The molecule has 0 saturated heterocycles. The summed E-state index contributed by atoms with van der Waals surface area (Å²) in [7, 11) is 0. The molecule has 0 bridgehead atoms. The van der Waals surface area contributed by atoms with Gasteiger partial charge in [0.25, 0.3) is 0 Å². The van der Waals surface area contributed by atoms with Crippen LogP contribution in [0.4, 0.5) is 5.82 Å². The minimum atomic E-state index is 0.249. The molecule has 2 aromatic carbocycles. The standard InChI is InChI=1S/C22H21N3S/c1-2-9-19(16-10-5-3-6-11-16)25-21-18-14-20(17-12-7-4-8-13-17)26-22(18)24-15-23-21/h3-8,10-15,19H,2,9H2,1H3,(H,23,24,25)/t19-/m0/s1. The number of fused-ring (bicyclic) bond motifs is 1. The van der Waals surface area contributed by atoms with E-state index < -0.39 is 0 Å². The van der Waals surface area contributed by atoms with Gasteiger partial charge in [0, 0.05) is 4.88 Å². The number of benzene rings is 2. The molecule has 0 spiro atoms. The van der Waals surface area contributed by atoms with E-state index in [1.54, 1.807) is 17.7 Å². The monoisotopic (exact) mass is 359 g/mol. The van der Waals surface area contributed by atoms with E-state index in [1.807, 2.05) is 6.07 Å². The van der Waals surface area contributed by atoms with Crippen molar-refractivity contribution in [1.29, 1.82) is 0 Å². The van der Waals surface area contributed by atoms with Crippen molar-refractivity contribution in [3.63, 3.8) is 0 Å². The summed E-state index contributed by atoms with van der Waals surface area (Å²) in [5.41, 5.74) is 2.51. The first-order valence-electron chi connectivity index (χ1n) is 8.96. The van der Waals surface area contributed by atoms with E-state index in [-0.39, 0.29) is 6.04 Å². The molecular weight excluding hydrogens is 338 g/mol. The fraction of sp³-hybridized carbons (Fsp3) is 0.182. The van der Waals surface area contributed by atoms with Gasteiger partial charge in [-0.05, 0) is 23.6 Å². The van der Waals surface area contributed by atoms with Crippen molar-refractivity contribution in [2.45, 2.75) is 25.8 Å². The lowest BCUT2D eigenvalue weighted by atomic mass is 10.0. The average molecular weight is 359 g/mol. The lowest BCUT2D eigenvalue weighted by molar-refractivity contribution is 0.675. The second kappa shape index (κ2) is 7.67. The lowest BCUT2D eigenvalue weighted by Crippen LogP contribution is -2.11. The fourth-order valence-electron chi connectivity index (χ4n) is 3.18. The van der Waals surface area contributed by atoms with Crippen LogP contribution in [0.5, 0.6) is 0 Å². The molecule has 1 N–H and O–H groups in total. The molecule has 0 aliphatic rings. The Morgan fingerprint density at radius 3 is 2.42 bits per heavy atom. The summed E-state index contributed by atoms with van der Waals surface area (Å²) in [5, 5.41) is 4.75. The zero-order valence-corrected chi connectivity index (χ0v) is 15.5. The van der Waals surface area contributed by atoms with E-state index >= 15 is 0 Å². The maximum absolute atomic E-state index is 4.55. The second-order valence-corrected chi connectivity index (χ2v) is 7.34. The zero-order valence-electron chi connectivity index (χ0n) is 14.7. The lowest BCUT2D eigenvalue weighted by Gasteiger charge is -2.19. The molecule has 4 heteroatoms. The van der Waals surface area contributed by atoms with Crippen molar-refractivity contribution in [2.75, 3.05) is 5.32 Å². The van der Waals surface area contributed by atoms with Gasteiger partial charge in [0.15, 0.2) is 0 Å². The molecule has 0 fully saturated rings. The number of hydrogen-bond acceptors (Lipinski definition) is 4. The third kappa shape index (κ3) is 3.46. The van der Waals surface area contributed by atoms with Gasteiger partial charge in [-0.3, -0.25) is 0 Å². The zero-order chi connectivity index (χ0) is 17.8. The molecule has 1 atom stereocenters. The molecule has 0 unspecified atom stereocenters. The molecule has 0 aliphatic heterocycles. The Hall–Kier alpha value is -2.72. The number of rotatable bonds is 6. The van der Waals surface area contributed by atoms with Crippen LogP contribution in [0.1, 0.15) is 31.4 Å². The third-order valence-electron chi connectivity index (χ3n) is 4.48. The Morgan fingerprint density at radius 2 is 1.69 bits per heavy atom. The number of aromatic nitrogens is 2. The van der Waals surface area contributed by atoms with Crippen molar-refractivity contribution < 1.29 is 0 Å². The van der Waals surface area contributed by atoms with E-state index in [0.29, 0.717) is 0 Å². The van der Waals surface area contributed by atoms with E-state index in [1.165, 1.54) is 16.0 Å². The maximum Gasteiger partial charge on any atom is 0.138 e. The highest BCUT2D eigenvalue weighted by molar-refractivity contribution is 7.21. The predicted molar refractivity (Wildman–Crippen MR) is 111 cm³/mol. The molecule has 0 saturated carbocycles. The molecule has 4 rings (SSSR count). The molecule has 3 nitrogen and oxygen atoms in total. The van der Waals surface area contributed by atoms with Gasteiger partial charge in [0.1, 0.15) is 17.0 Å². The van der Waals surface area contributed by atoms with Gasteiger partial charge >= 0.3 is 0 Å². The molecule has 4 aromatic rings. The summed E-state index contributed by atoms with van der Waals surface area (Å²) >= 11 is 1.71. The van der Waals surface area contributed by atoms with Crippen LogP contribution in [-0.2, 0) is 0 Å². The maximum atomic E-state index is 4.55. The summed E-state index contributed by atoms with van der Waals surface area (Å²) in [6.45, 7) is 2.21. The Balaban J connectivity index is 1.70.